The predicted molar refractivity (Wildman–Crippen MR) is 48.6 cm³/mol. The summed E-state index contributed by atoms with van der Waals surface area (Å²) >= 11 is 0. The number of hydrogen-bond acceptors (Lipinski definition) is 2. The fourth-order valence-electron chi connectivity index (χ4n) is 1.53. The van der Waals surface area contributed by atoms with Crippen molar-refractivity contribution in [2.24, 2.45) is 11.7 Å². The van der Waals surface area contributed by atoms with Crippen LogP contribution in [0, 0.1) is 12.8 Å². The van der Waals surface area contributed by atoms with Gasteiger partial charge in [0.2, 0.25) is 0 Å². The molecule has 1 aromatic heterocycles. The standard InChI is InChI=1S/C10H14N2/c1-7-3-2-6-12-10(7)9(11)8-4-5-8/h2-3,6,8-9H,4-5,11H2,1H3/t9-/m1/s1. The Bertz CT molecular complexity index is 279. The summed E-state index contributed by atoms with van der Waals surface area (Å²) in [5.41, 5.74) is 8.34. The highest BCUT2D eigenvalue weighted by Gasteiger charge is 2.30. The first-order valence-corrected chi connectivity index (χ1v) is 4.46. The van der Waals surface area contributed by atoms with E-state index in [0.717, 1.165) is 5.69 Å². The normalized spacial score (nSPS) is 19.2. The topological polar surface area (TPSA) is 38.9 Å². The number of rotatable bonds is 2. The fourth-order valence-corrected chi connectivity index (χ4v) is 1.53. The van der Waals surface area contributed by atoms with E-state index in [1.165, 1.54) is 18.4 Å². The lowest BCUT2D eigenvalue weighted by Gasteiger charge is -2.11. The van der Waals surface area contributed by atoms with Crippen molar-refractivity contribution in [3.63, 3.8) is 0 Å². The molecule has 64 valence electrons. The van der Waals surface area contributed by atoms with Gasteiger partial charge in [-0.2, -0.15) is 0 Å². The summed E-state index contributed by atoms with van der Waals surface area (Å²) in [4.78, 5) is 4.31. The second kappa shape index (κ2) is 2.87. The van der Waals surface area contributed by atoms with Crippen LogP contribution >= 0.6 is 0 Å². The minimum atomic E-state index is 0.172. The summed E-state index contributed by atoms with van der Waals surface area (Å²) in [5, 5.41) is 0. The van der Waals surface area contributed by atoms with Crippen LogP contribution in [-0.4, -0.2) is 4.98 Å². The quantitative estimate of drug-likeness (QED) is 0.720. The average molecular weight is 162 g/mol. The average Bonchev–Trinajstić information content (AvgIpc) is 2.86. The van der Waals surface area contributed by atoms with Gasteiger partial charge in [0.1, 0.15) is 0 Å². The zero-order chi connectivity index (χ0) is 8.55. The minimum Gasteiger partial charge on any atom is -0.322 e. The first kappa shape index (κ1) is 7.74. The molecular formula is C10H14N2. The number of nitrogens with two attached hydrogens (primary N) is 1. The summed E-state index contributed by atoms with van der Waals surface area (Å²) in [5.74, 6) is 0.693. The van der Waals surface area contributed by atoms with Crippen molar-refractivity contribution in [3.8, 4) is 0 Å². The van der Waals surface area contributed by atoms with E-state index in [9.17, 15) is 0 Å². The molecule has 0 saturated heterocycles. The third-order valence-electron chi connectivity index (χ3n) is 2.50. The minimum absolute atomic E-state index is 0.172. The number of aryl methyl sites for hydroxylation is 1. The SMILES string of the molecule is Cc1cccnc1[C@H](N)C1CC1. The molecule has 2 heteroatoms. The Hall–Kier alpha value is -0.890. The van der Waals surface area contributed by atoms with Crippen molar-refractivity contribution in [2.45, 2.75) is 25.8 Å². The van der Waals surface area contributed by atoms with Crippen LogP contribution in [0.25, 0.3) is 0 Å². The molecular weight excluding hydrogens is 148 g/mol. The molecule has 1 aromatic rings. The predicted octanol–water partition coefficient (Wildman–Crippen LogP) is 1.80. The summed E-state index contributed by atoms with van der Waals surface area (Å²) in [6.07, 6.45) is 4.37. The molecule has 2 rings (SSSR count). The van der Waals surface area contributed by atoms with Crippen LogP contribution in [0.5, 0.6) is 0 Å². The second-order valence-corrected chi connectivity index (χ2v) is 3.57. The monoisotopic (exact) mass is 162 g/mol. The maximum Gasteiger partial charge on any atom is 0.0602 e. The molecule has 1 aliphatic carbocycles. The zero-order valence-corrected chi connectivity index (χ0v) is 7.33. The van der Waals surface area contributed by atoms with Gasteiger partial charge in [0.05, 0.1) is 11.7 Å². The van der Waals surface area contributed by atoms with Crippen LogP contribution < -0.4 is 5.73 Å². The molecule has 0 spiro atoms. The Labute approximate surface area is 72.8 Å². The van der Waals surface area contributed by atoms with E-state index >= 15 is 0 Å². The molecule has 0 radical (unpaired) electrons. The molecule has 1 heterocycles. The summed E-state index contributed by atoms with van der Waals surface area (Å²) in [6, 6.07) is 4.20. The Morgan fingerprint density at radius 1 is 1.58 bits per heavy atom. The molecule has 0 aliphatic heterocycles. The van der Waals surface area contributed by atoms with E-state index < -0.39 is 0 Å². The molecule has 0 unspecified atom stereocenters. The molecule has 1 aliphatic rings. The first-order chi connectivity index (χ1) is 5.79. The molecule has 0 amide bonds. The van der Waals surface area contributed by atoms with E-state index in [1.54, 1.807) is 0 Å². The lowest BCUT2D eigenvalue weighted by Crippen LogP contribution is -2.15. The van der Waals surface area contributed by atoms with Crippen LogP contribution in [0.15, 0.2) is 18.3 Å². The second-order valence-electron chi connectivity index (χ2n) is 3.57. The molecule has 2 N–H and O–H groups in total. The van der Waals surface area contributed by atoms with E-state index in [4.69, 9.17) is 5.73 Å². The highest BCUT2D eigenvalue weighted by molar-refractivity contribution is 5.22. The summed E-state index contributed by atoms with van der Waals surface area (Å²) in [6.45, 7) is 2.07. The van der Waals surface area contributed by atoms with E-state index in [-0.39, 0.29) is 6.04 Å². The lowest BCUT2D eigenvalue weighted by atomic mass is 10.1. The molecule has 12 heavy (non-hydrogen) atoms. The van der Waals surface area contributed by atoms with Gasteiger partial charge < -0.3 is 5.73 Å². The van der Waals surface area contributed by atoms with Gasteiger partial charge in [-0.15, -0.1) is 0 Å². The van der Waals surface area contributed by atoms with Gasteiger partial charge >= 0.3 is 0 Å². The van der Waals surface area contributed by atoms with Crippen molar-refractivity contribution < 1.29 is 0 Å². The maximum absolute atomic E-state index is 6.04. The van der Waals surface area contributed by atoms with Gasteiger partial charge in [-0.3, -0.25) is 4.98 Å². The number of aromatic nitrogens is 1. The Kier molecular flexibility index (Phi) is 1.85. The van der Waals surface area contributed by atoms with E-state index in [2.05, 4.69) is 18.0 Å². The summed E-state index contributed by atoms with van der Waals surface area (Å²) < 4.78 is 0. The Morgan fingerprint density at radius 3 is 2.92 bits per heavy atom. The summed E-state index contributed by atoms with van der Waals surface area (Å²) in [7, 11) is 0. The first-order valence-electron chi connectivity index (χ1n) is 4.46. The molecule has 1 atom stereocenters. The van der Waals surface area contributed by atoms with Crippen LogP contribution in [-0.2, 0) is 0 Å². The lowest BCUT2D eigenvalue weighted by molar-refractivity contribution is 0.610. The zero-order valence-electron chi connectivity index (χ0n) is 7.33. The van der Waals surface area contributed by atoms with Crippen LogP contribution in [0.4, 0.5) is 0 Å². The van der Waals surface area contributed by atoms with Gasteiger partial charge in [-0.05, 0) is 37.3 Å². The van der Waals surface area contributed by atoms with Crippen LogP contribution in [0.2, 0.25) is 0 Å². The highest BCUT2D eigenvalue weighted by Crippen LogP contribution is 2.39. The van der Waals surface area contributed by atoms with Crippen LogP contribution in [0.3, 0.4) is 0 Å². The maximum atomic E-state index is 6.04. The number of nitrogens with zero attached hydrogens (tertiary/aromatic N) is 1. The largest absolute Gasteiger partial charge is 0.322 e. The Morgan fingerprint density at radius 2 is 2.33 bits per heavy atom. The number of pyridine rings is 1. The van der Waals surface area contributed by atoms with E-state index in [1.807, 2.05) is 12.3 Å². The molecule has 0 aromatic carbocycles. The van der Waals surface area contributed by atoms with Crippen molar-refractivity contribution in [2.75, 3.05) is 0 Å². The van der Waals surface area contributed by atoms with Gasteiger partial charge in [0, 0.05) is 6.20 Å². The van der Waals surface area contributed by atoms with E-state index in [0.29, 0.717) is 5.92 Å². The van der Waals surface area contributed by atoms with Crippen molar-refractivity contribution in [1.82, 2.24) is 4.98 Å². The number of hydrogen-bond donors (Lipinski definition) is 1. The molecule has 1 fully saturated rings. The highest BCUT2D eigenvalue weighted by atomic mass is 14.8. The van der Waals surface area contributed by atoms with Crippen molar-refractivity contribution >= 4 is 0 Å². The van der Waals surface area contributed by atoms with Gasteiger partial charge in [-0.1, -0.05) is 6.07 Å². The van der Waals surface area contributed by atoms with Crippen molar-refractivity contribution in [3.05, 3.63) is 29.6 Å². The molecule has 0 bridgehead atoms. The fraction of sp³-hybridized carbons (Fsp3) is 0.500. The van der Waals surface area contributed by atoms with Gasteiger partial charge in [0.25, 0.3) is 0 Å². The molecule has 1 saturated carbocycles. The van der Waals surface area contributed by atoms with Gasteiger partial charge in [0.15, 0.2) is 0 Å². The van der Waals surface area contributed by atoms with Gasteiger partial charge in [-0.25, -0.2) is 0 Å². The molecule has 2 nitrogen and oxygen atoms in total. The van der Waals surface area contributed by atoms with Crippen LogP contribution in [0.1, 0.15) is 30.1 Å². The third-order valence-corrected chi connectivity index (χ3v) is 2.50. The smallest absolute Gasteiger partial charge is 0.0602 e. The third kappa shape index (κ3) is 1.34. The van der Waals surface area contributed by atoms with Crippen molar-refractivity contribution in [1.29, 1.82) is 0 Å². The Balaban J connectivity index is 2.25.